The molecule has 0 saturated carbocycles. The van der Waals surface area contributed by atoms with Crippen LogP contribution in [0, 0.1) is 0 Å². The maximum absolute atomic E-state index is 4.13. The summed E-state index contributed by atoms with van der Waals surface area (Å²) in [6.07, 6.45) is 7.29. The largest absolute Gasteiger partial charge is 0.143 e. The maximum atomic E-state index is 4.13. The van der Waals surface area contributed by atoms with Gasteiger partial charge in [0.25, 0.3) is 0 Å². The van der Waals surface area contributed by atoms with Crippen molar-refractivity contribution in [2.45, 2.75) is 6.92 Å². The molecule has 1 heteroatoms. The third kappa shape index (κ3) is 4.21. The Labute approximate surface area is 68.1 Å². The van der Waals surface area contributed by atoms with Crippen LogP contribution in [-0.2, 0) is 0 Å². The minimum atomic E-state index is 0.871. The van der Waals surface area contributed by atoms with Gasteiger partial charge in [0.15, 0.2) is 0 Å². The molecule has 0 bridgehead atoms. The van der Waals surface area contributed by atoms with Crippen LogP contribution in [0.15, 0.2) is 47.9 Å². The van der Waals surface area contributed by atoms with E-state index in [9.17, 15) is 0 Å². The van der Waals surface area contributed by atoms with E-state index in [4.69, 9.17) is 0 Å². The molecule has 54 valence electrons. The molecule has 0 aliphatic heterocycles. The third-order valence-electron chi connectivity index (χ3n) is 0.965. The average Bonchev–Trinajstić information content (AvgIpc) is 1.88. The van der Waals surface area contributed by atoms with Crippen LogP contribution in [0.25, 0.3) is 0 Å². The number of hydrogen-bond acceptors (Lipinski definition) is 1. The van der Waals surface area contributed by atoms with Crippen LogP contribution in [0.4, 0.5) is 0 Å². The standard InChI is InChI=1S/C9H12S/c1-4-6-8(3)7-9(10)5-2/h4-7,10H,1-2H2,3H3/b8-6-,9-7+. The molecule has 0 saturated heterocycles. The Morgan fingerprint density at radius 3 is 2.40 bits per heavy atom. The first kappa shape index (κ1) is 9.31. The normalized spacial score (nSPS) is 13.0. The molecule has 0 aliphatic carbocycles. The number of allylic oxidation sites excluding steroid dienone is 5. The summed E-state index contributed by atoms with van der Waals surface area (Å²) >= 11 is 4.13. The fourth-order valence-corrected chi connectivity index (χ4v) is 0.730. The smallest absolute Gasteiger partial charge is 0.00367 e. The summed E-state index contributed by atoms with van der Waals surface area (Å²) in [6.45, 7) is 9.14. The Morgan fingerprint density at radius 1 is 1.40 bits per heavy atom. The second kappa shape index (κ2) is 5.12. The van der Waals surface area contributed by atoms with E-state index < -0.39 is 0 Å². The van der Waals surface area contributed by atoms with Crippen LogP contribution >= 0.6 is 12.6 Å². The molecule has 0 aliphatic rings. The summed E-state index contributed by atoms with van der Waals surface area (Å²) in [5.41, 5.74) is 1.12. The lowest BCUT2D eigenvalue weighted by atomic mass is 10.2. The number of rotatable bonds is 3. The van der Waals surface area contributed by atoms with Crippen LogP contribution in [0.3, 0.4) is 0 Å². The van der Waals surface area contributed by atoms with Crippen molar-refractivity contribution in [2.24, 2.45) is 0 Å². The summed E-state index contributed by atoms with van der Waals surface area (Å²) in [5, 5.41) is 0. The molecule has 0 aromatic rings. The molecule has 0 N–H and O–H groups in total. The summed E-state index contributed by atoms with van der Waals surface area (Å²) in [5.74, 6) is 0. The van der Waals surface area contributed by atoms with Crippen molar-refractivity contribution in [2.75, 3.05) is 0 Å². The zero-order valence-corrected chi connectivity index (χ0v) is 7.07. The van der Waals surface area contributed by atoms with Crippen LogP contribution in [0.2, 0.25) is 0 Å². The van der Waals surface area contributed by atoms with Crippen molar-refractivity contribution >= 4 is 12.6 Å². The molecule has 0 nitrogen and oxygen atoms in total. The Bertz CT molecular complexity index is 185. The van der Waals surface area contributed by atoms with E-state index in [1.807, 2.05) is 19.1 Å². The average molecular weight is 152 g/mol. The SMILES string of the molecule is C=C/C=C(C)\C=C(\S)C=C. The highest BCUT2D eigenvalue weighted by Gasteiger charge is 1.81. The fourth-order valence-electron chi connectivity index (χ4n) is 0.526. The first-order valence-corrected chi connectivity index (χ1v) is 3.48. The predicted molar refractivity (Wildman–Crippen MR) is 51.2 cm³/mol. The Morgan fingerprint density at radius 2 is 2.00 bits per heavy atom. The maximum Gasteiger partial charge on any atom is 0.00367 e. The Hall–Kier alpha value is -0.690. The van der Waals surface area contributed by atoms with Gasteiger partial charge in [0.05, 0.1) is 0 Å². The van der Waals surface area contributed by atoms with Crippen molar-refractivity contribution in [3.8, 4) is 0 Å². The lowest BCUT2D eigenvalue weighted by Crippen LogP contribution is -1.67. The summed E-state index contributed by atoms with van der Waals surface area (Å²) in [6, 6.07) is 0. The van der Waals surface area contributed by atoms with Gasteiger partial charge >= 0.3 is 0 Å². The van der Waals surface area contributed by atoms with Crippen molar-refractivity contribution < 1.29 is 0 Å². The zero-order valence-electron chi connectivity index (χ0n) is 6.17. The predicted octanol–water partition coefficient (Wildman–Crippen LogP) is 3.12. The van der Waals surface area contributed by atoms with Crippen molar-refractivity contribution in [1.82, 2.24) is 0 Å². The van der Waals surface area contributed by atoms with Crippen molar-refractivity contribution in [1.29, 1.82) is 0 Å². The summed E-state index contributed by atoms with van der Waals surface area (Å²) < 4.78 is 0. The summed E-state index contributed by atoms with van der Waals surface area (Å²) in [7, 11) is 0. The molecule has 0 spiro atoms. The molecule has 10 heavy (non-hydrogen) atoms. The van der Waals surface area contributed by atoms with Crippen LogP contribution in [0.1, 0.15) is 6.92 Å². The first-order valence-electron chi connectivity index (χ1n) is 3.03. The van der Waals surface area contributed by atoms with Crippen molar-refractivity contribution in [3.63, 3.8) is 0 Å². The van der Waals surface area contributed by atoms with Gasteiger partial charge in [-0.05, 0) is 13.0 Å². The van der Waals surface area contributed by atoms with E-state index in [0.717, 1.165) is 10.5 Å². The van der Waals surface area contributed by atoms with Gasteiger partial charge in [-0.1, -0.05) is 37.0 Å². The lowest BCUT2D eigenvalue weighted by Gasteiger charge is -1.90. The minimum absolute atomic E-state index is 0.871. The van der Waals surface area contributed by atoms with E-state index in [-0.39, 0.29) is 0 Å². The molecule has 0 aromatic heterocycles. The first-order chi connectivity index (χ1) is 4.70. The van der Waals surface area contributed by atoms with Crippen LogP contribution < -0.4 is 0 Å². The van der Waals surface area contributed by atoms with E-state index >= 15 is 0 Å². The van der Waals surface area contributed by atoms with Gasteiger partial charge in [-0.15, -0.1) is 12.6 Å². The Balaban J connectivity index is 4.24. The summed E-state index contributed by atoms with van der Waals surface area (Å²) in [4.78, 5) is 0.871. The minimum Gasteiger partial charge on any atom is -0.143 e. The van der Waals surface area contributed by atoms with E-state index in [2.05, 4.69) is 25.8 Å². The quantitative estimate of drug-likeness (QED) is 0.466. The van der Waals surface area contributed by atoms with Gasteiger partial charge in [-0.3, -0.25) is 0 Å². The molecular formula is C9H12S. The monoisotopic (exact) mass is 152 g/mol. The Kier molecular flexibility index (Phi) is 4.77. The molecule has 0 unspecified atom stereocenters. The number of thiol groups is 1. The second-order valence-electron chi connectivity index (χ2n) is 1.92. The molecule has 0 fully saturated rings. The second-order valence-corrected chi connectivity index (χ2v) is 2.44. The molecule has 0 atom stereocenters. The van der Waals surface area contributed by atoms with E-state index in [1.54, 1.807) is 12.2 Å². The molecule has 0 heterocycles. The zero-order chi connectivity index (χ0) is 7.98. The number of hydrogen-bond donors (Lipinski definition) is 1. The fraction of sp³-hybridized carbons (Fsp3) is 0.111. The molecule has 0 rings (SSSR count). The van der Waals surface area contributed by atoms with E-state index in [1.165, 1.54) is 0 Å². The lowest BCUT2D eigenvalue weighted by molar-refractivity contribution is 1.52. The topological polar surface area (TPSA) is 0 Å². The van der Waals surface area contributed by atoms with Gasteiger partial charge in [-0.25, -0.2) is 0 Å². The highest BCUT2D eigenvalue weighted by Crippen LogP contribution is 2.06. The van der Waals surface area contributed by atoms with Crippen molar-refractivity contribution in [3.05, 3.63) is 47.9 Å². The molecule has 0 radical (unpaired) electrons. The molecular weight excluding hydrogens is 140 g/mol. The van der Waals surface area contributed by atoms with E-state index in [0.29, 0.717) is 0 Å². The van der Waals surface area contributed by atoms with Gasteiger partial charge in [-0.2, -0.15) is 0 Å². The highest BCUT2D eigenvalue weighted by atomic mass is 32.1. The van der Waals surface area contributed by atoms with Crippen LogP contribution in [0.5, 0.6) is 0 Å². The molecule has 0 aromatic carbocycles. The van der Waals surface area contributed by atoms with Crippen LogP contribution in [-0.4, -0.2) is 0 Å². The van der Waals surface area contributed by atoms with Gasteiger partial charge in [0, 0.05) is 4.91 Å². The third-order valence-corrected chi connectivity index (χ3v) is 1.28. The highest BCUT2D eigenvalue weighted by molar-refractivity contribution is 7.84. The molecule has 0 amide bonds. The van der Waals surface area contributed by atoms with Gasteiger partial charge in [0.2, 0.25) is 0 Å². The van der Waals surface area contributed by atoms with Gasteiger partial charge < -0.3 is 0 Å². The van der Waals surface area contributed by atoms with Gasteiger partial charge in [0.1, 0.15) is 0 Å².